The van der Waals surface area contributed by atoms with Crippen LogP contribution in [0.4, 0.5) is 5.69 Å². The van der Waals surface area contributed by atoms with E-state index in [1.54, 1.807) is 37.1 Å². The fourth-order valence-corrected chi connectivity index (χ4v) is 3.78. The van der Waals surface area contributed by atoms with Gasteiger partial charge in [-0.15, -0.1) is 11.8 Å². The summed E-state index contributed by atoms with van der Waals surface area (Å²) in [6, 6.07) is 20.7. The van der Waals surface area contributed by atoms with Gasteiger partial charge in [0.05, 0.1) is 25.5 Å². The predicted molar refractivity (Wildman–Crippen MR) is 115 cm³/mol. The Morgan fingerprint density at radius 1 is 0.964 bits per heavy atom. The zero-order valence-corrected chi connectivity index (χ0v) is 17.1. The molecule has 0 spiro atoms. The van der Waals surface area contributed by atoms with Crippen LogP contribution in [0.15, 0.2) is 71.6 Å². The summed E-state index contributed by atoms with van der Waals surface area (Å²) in [6.07, 6.45) is 0. The number of thioether (sulfide) groups is 1. The molecule has 0 bridgehead atoms. The minimum absolute atomic E-state index is 0.254. The lowest BCUT2D eigenvalue weighted by molar-refractivity contribution is 0.102. The van der Waals surface area contributed by atoms with E-state index in [1.807, 2.05) is 48.5 Å². The molecule has 1 N–H and O–H groups in total. The topological polar surface area (TPSA) is 47.6 Å². The van der Waals surface area contributed by atoms with Crippen LogP contribution in [-0.2, 0) is 5.75 Å². The van der Waals surface area contributed by atoms with Crippen LogP contribution in [0.3, 0.4) is 0 Å². The molecule has 0 aliphatic carbocycles. The second-order valence-corrected chi connectivity index (χ2v) is 7.36. The van der Waals surface area contributed by atoms with E-state index in [4.69, 9.17) is 21.1 Å². The average molecular weight is 414 g/mol. The zero-order chi connectivity index (χ0) is 19.9. The van der Waals surface area contributed by atoms with Gasteiger partial charge in [-0.25, -0.2) is 0 Å². The molecular formula is C22H20ClNO3S. The monoisotopic (exact) mass is 413 g/mol. The van der Waals surface area contributed by atoms with Gasteiger partial charge < -0.3 is 14.8 Å². The maximum Gasteiger partial charge on any atom is 0.259 e. The second-order valence-electron chi connectivity index (χ2n) is 5.91. The molecule has 144 valence electrons. The average Bonchev–Trinajstić information content (AvgIpc) is 2.73. The maximum absolute atomic E-state index is 12.9. The number of carbonyl (C=O) groups excluding carboxylic acids is 1. The number of halogens is 1. The van der Waals surface area contributed by atoms with Crippen LogP contribution in [-0.4, -0.2) is 20.1 Å². The summed E-state index contributed by atoms with van der Waals surface area (Å²) in [5, 5.41) is 3.70. The van der Waals surface area contributed by atoms with Gasteiger partial charge in [0.15, 0.2) is 11.5 Å². The van der Waals surface area contributed by atoms with E-state index >= 15 is 0 Å². The number of hydrogen-bond donors (Lipinski definition) is 1. The molecule has 28 heavy (non-hydrogen) atoms. The third-order valence-corrected chi connectivity index (χ3v) is 5.49. The molecule has 0 fully saturated rings. The lowest BCUT2D eigenvalue weighted by Crippen LogP contribution is -2.14. The highest BCUT2D eigenvalue weighted by Crippen LogP contribution is 2.33. The summed E-state index contributed by atoms with van der Waals surface area (Å²) >= 11 is 7.59. The van der Waals surface area contributed by atoms with Gasteiger partial charge in [0.2, 0.25) is 0 Å². The number of ether oxygens (including phenoxy) is 2. The predicted octanol–water partition coefficient (Wildman–Crippen LogP) is 5.90. The van der Waals surface area contributed by atoms with Crippen molar-refractivity contribution in [2.75, 3.05) is 19.5 Å². The highest BCUT2D eigenvalue weighted by molar-refractivity contribution is 7.98. The molecular weight excluding hydrogens is 394 g/mol. The van der Waals surface area contributed by atoms with Crippen LogP contribution in [0, 0.1) is 0 Å². The third kappa shape index (κ3) is 4.80. The Kier molecular flexibility index (Phi) is 6.85. The molecule has 0 unspecified atom stereocenters. The van der Waals surface area contributed by atoms with Crippen molar-refractivity contribution in [3.8, 4) is 11.5 Å². The molecule has 3 aromatic carbocycles. The van der Waals surface area contributed by atoms with Gasteiger partial charge in [-0.05, 0) is 42.0 Å². The van der Waals surface area contributed by atoms with Crippen molar-refractivity contribution >= 4 is 35.0 Å². The Hall–Kier alpha value is -2.63. The fraction of sp³-hybridized carbons (Fsp3) is 0.136. The molecule has 4 nitrogen and oxygen atoms in total. The Balaban J connectivity index is 1.78. The summed E-state index contributed by atoms with van der Waals surface area (Å²) in [5.41, 5.74) is 2.32. The van der Waals surface area contributed by atoms with E-state index in [0.29, 0.717) is 22.1 Å². The first-order valence-electron chi connectivity index (χ1n) is 8.61. The molecule has 0 saturated heterocycles. The number of rotatable bonds is 7. The van der Waals surface area contributed by atoms with Crippen molar-refractivity contribution in [2.24, 2.45) is 0 Å². The molecule has 3 aromatic rings. The number of benzene rings is 3. The van der Waals surface area contributed by atoms with Gasteiger partial charge in [-0.2, -0.15) is 0 Å². The van der Waals surface area contributed by atoms with Gasteiger partial charge >= 0.3 is 0 Å². The molecule has 0 atom stereocenters. The van der Waals surface area contributed by atoms with Gasteiger partial charge in [0.25, 0.3) is 5.91 Å². The number of methoxy groups -OCH3 is 2. The fourth-order valence-electron chi connectivity index (χ4n) is 2.69. The first kappa shape index (κ1) is 20.1. The van der Waals surface area contributed by atoms with Crippen molar-refractivity contribution < 1.29 is 14.3 Å². The number of anilines is 1. The molecule has 0 radical (unpaired) electrons. The third-order valence-electron chi connectivity index (χ3n) is 4.09. The SMILES string of the molecule is COc1cccc(C(=O)Nc2ccccc2SCc2ccc(Cl)cc2)c1OC. The van der Waals surface area contributed by atoms with Crippen molar-refractivity contribution in [1.82, 2.24) is 0 Å². The Bertz CT molecular complexity index is 960. The molecule has 0 saturated carbocycles. The van der Waals surface area contributed by atoms with Gasteiger partial charge in [0, 0.05) is 15.7 Å². The molecule has 3 rings (SSSR count). The summed E-state index contributed by atoms with van der Waals surface area (Å²) in [4.78, 5) is 13.8. The molecule has 1 amide bonds. The number of hydrogen-bond acceptors (Lipinski definition) is 4. The second kappa shape index (κ2) is 9.53. The smallest absolute Gasteiger partial charge is 0.259 e. The molecule has 0 heterocycles. The Morgan fingerprint density at radius 2 is 1.71 bits per heavy atom. The van der Waals surface area contributed by atoms with E-state index in [2.05, 4.69) is 5.32 Å². The van der Waals surface area contributed by atoms with E-state index < -0.39 is 0 Å². The first-order chi connectivity index (χ1) is 13.6. The van der Waals surface area contributed by atoms with Crippen molar-refractivity contribution in [1.29, 1.82) is 0 Å². The molecule has 0 aromatic heterocycles. The van der Waals surface area contributed by atoms with E-state index in [9.17, 15) is 4.79 Å². The van der Waals surface area contributed by atoms with Crippen LogP contribution in [0.1, 0.15) is 15.9 Å². The summed E-state index contributed by atoms with van der Waals surface area (Å²) in [6.45, 7) is 0. The van der Waals surface area contributed by atoms with Crippen LogP contribution in [0.2, 0.25) is 5.02 Å². The minimum atomic E-state index is -0.254. The van der Waals surface area contributed by atoms with Gasteiger partial charge in [-0.3, -0.25) is 4.79 Å². The quantitative estimate of drug-likeness (QED) is 0.490. The van der Waals surface area contributed by atoms with Crippen molar-refractivity contribution in [2.45, 2.75) is 10.6 Å². The highest BCUT2D eigenvalue weighted by atomic mass is 35.5. The van der Waals surface area contributed by atoms with Crippen molar-refractivity contribution in [3.63, 3.8) is 0 Å². The lowest BCUT2D eigenvalue weighted by Gasteiger charge is -2.14. The Labute approximate surface area is 173 Å². The summed E-state index contributed by atoms with van der Waals surface area (Å²) in [5.74, 6) is 1.44. The van der Waals surface area contributed by atoms with Crippen molar-refractivity contribution in [3.05, 3.63) is 82.9 Å². The number of para-hydroxylation sites is 2. The first-order valence-corrected chi connectivity index (χ1v) is 9.97. The van der Waals surface area contributed by atoms with Gasteiger partial charge in [-0.1, -0.05) is 41.9 Å². The minimum Gasteiger partial charge on any atom is -0.493 e. The molecule has 6 heteroatoms. The highest BCUT2D eigenvalue weighted by Gasteiger charge is 2.17. The van der Waals surface area contributed by atoms with Crippen LogP contribution >= 0.6 is 23.4 Å². The summed E-state index contributed by atoms with van der Waals surface area (Å²) in [7, 11) is 3.06. The van der Waals surface area contributed by atoms with E-state index in [1.165, 1.54) is 7.11 Å². The lowest BCUT2D eigenvalue weighted by atomic mass is 10.1. The zero-order valence-electron chi connectivity index (χ0n) is 15.6. The normalized spacial score (nSPS) is 10.4. The molecule has 0 aliphatic rings. The number of nitrogens with one attached hydrogen (secondary N) is 1. The van der Waals surface area contributed by atoms with E-state index in [0.717, 1.165) is 21.9 Å². The van der Waals surface area contributed by atoms with Crippen LogP contribution in [0.5, 0.6) is 11.5 Å². The summed E-state index contributed by atoms with van der Waals surface area (Å²) < 4.78 is 10.6. The maximum atomic E-state index is 12.9. The molecule has 0 aliphatic heterocycles. The van der Waals surface area contributed by atoms with E-state index in [-0.39, 0.29) is 5.91 Å². The van der Waals surface area contributed by atoms with Crippen LogP contribution in [0.25, 0.3) is 0 Å². The largest absolute Gasteiger partial charge is 0.493 e. The van der Waals surface area contributed by atoms with Gasteiger partial charge in [0.1, 0.15) is 0 Å². The number of amides is 1. The van der Waals surface area contributed by atoms with Crippen LogP contribution < -0.4 is 14.8 Å². The standard InChI is InChI=1S/C22H20ClNO3S/c1-26-19-8-5-6-17(21(19)27-2)22(25)24-18-7-3-4-9-20(18)28-14-15-10-12-16(23)13-11-15/h3-13H,14H2,1-2H3,(H,24,25). The Morgan fingerprint density at radius 3 is 2.43 bits per heavy atom. The number of carbonyl (C=O) groups is 1.